The highest BCUT2D eigenvalue weighted by atomic mass is 16.4. The summed E-state index contributed by atoms with van der Waals surface area (Å²) in [6.45, 7) is 2.08. The number of rotatable bonds is 2. The maximum absolute atomic E-state index is 10.9. The minimum atomic E-state index is -1.04. The van der Waals surface area contributed by atoms with Crippen LogP contribution < -0.4 is 5.73 Å². The molecule has 0 amide bonds. The Hall–Kier alpha value is -1.95. The Bertz CT molecular complexity index is 532. The summed E-state index contributed by atoms with van der Waals surface area (Å²) < 4.78 is 1.45. The van der Waals surface area contributed by atoms with Crippen LogP contribution in [0.1, 0.15) is 21.7 Å². The maximum Gasteiger partial charge on any atom is 0.341 e. The van der Waals surface area contributed by atoms with Gasteiger partial charge in [0.1, 0.15) is 5.56 Å². The normalized spacial score (nSPS) is 10.8. The molecule has 0 saturated heterocycles. The number of carboxylic acids is 1. The molecule has 0 bridgehead atoms. The predicted molar refractivity (Wildman–Crippen MR) is 52.6 cm³/mol. The van der Waals surface area contributed by atoms with Crippen molar-refractivity contribution in [3.05, 3.63) is 29.2 Å². The van der Waals surface area contributed by atoms with E-state index in [2.05, 4.69) is 10.1 Å². The molecule has 0 aromatic carbocycles. The number of carbonyl (C=O) groups is 1. The van der Waals surface area contributed by atoms with Crippen LogP contribution in [0, 0.1) is 6.92 Å². The van der Waals surface area contributed by atoms with Crippen molar-refractivity contribution in [3.63, 3.8) is 0 Å². The van der Waals surface area contributed by atoms with Gasteiger partial charge in [0, 0.05) is 12.2 Å². The molecular weight excluding hydrogens is 196 g/mol. The quantitative estimate of drug-likeness (QED) is 0.731. The molecule has 6 heteroatoms. The monoisotopic (exact) mass is 206 g/mol. The van der Waals surface area contributed by atoms with E-state index < -0.39 is 5.97 Å². The first kappa shape index (κ1) is 9.60. The smallest absolute Gasteiger partial charge is 0.341 e. The molecule has 2 aromatic rings. The standard InChI is InChI=1S/C9H10N4O2/c1-5-2-6(3-10)13-8(12-5)7(4-11-13)9(14)15/h2,4H,3,10H2,1H3,(H,14,15). The van der Waals surface area contributed by atoms with E-state index >= 15 is 0 Å². The summed E-state index contributed by atoms with van der Waals surface area (Å²) in [5, 5.41) is 12.8. The van der Waals surface area contributed by atoms with E-state index in [0.29, 0.717) is 12.2 Å². The number of hydrogen-bond acceptors (Lipinski definition) is 4. The zero-order valence-electron chi connectivity index (χ0n) is 8.14. The molecule has 2 rings (SSSR count). The third-order valence-electron chi connectivity index (χ3n) is 2.11. The van der Waals surface area contributed by atoms with Crippen LogP contribution in [0.15, 0.2) is 12.3 Å². The van der Waals surface area contributed by atoms with Gasteiger partial charge in [-0.1, -0.05) is 0 Å². The number of nitrogens with zero attached hydrogens (tertiary/aromatic N) is 3. The van der Waals surface area contributed by atoms with Gasteiger partial charge in [-0.25, -0.2) is 14.3 Å². The molecule has 0 unspecified atom stereocenters. The van der Waals surface area contributed by atoms with Crippen molar-refractivity contribution in [2.45, 2.75) is 13.5 Å². The van der Waals surface area contributed by atoms with E-state index in [-0.39, 0.29) is 5.56 Å². The largest absolute Gasteiger partial charge is 0.477 e. The number of fused-ring (bicyclic) bond motifs is 1. The van der Waals surface area contributed by atoms with E-state index in [1.165, 1.54) is 10.7 Å². The lowest BCUT2D eigenvalue weighted by Crippen LogP contribution is -2.08. The van der Waals surface area contributed by atoms with E-state index in [0.717, 1.165) is 11.4 Å². The molecule has 0 atom stereocenters. The molecule has 0 aliphatic rings. The molecule has 6 nitrogen and oxygen atoms in total. The average Bonchev–Trinajstić information content (AvgIpc) is 2.59. The lowest BCUT2D eigenvalue weighted by atomic mass is 10.3. The first-order chi connectivity index (χ1) is 7.13. The molecule has 78 valence electrons. The molecule has 3 N–H and O–H groups in total. The molecular formula is C9H10N4O2. The molecule has 0 aliphatic heterocycles. The van der Waals surface area contributed by atoms with Crippen molar-refractivity contribution in [2.24, 2.45) is 5.73 Å². The molecule has 2 heterocycles. The Kier molecular flexibility index (Phi) is 2.12. The lowest BCUT2D eigenvalue weighted by molar-refractivity contribution is 0.0699. The van der Waals surface area contributed by atoms with Gasteiger partial charge in [0.25, 0.3) is 0 Å². The number of aryl methyl sites for hydroxylation is 1. The topological polar surface area (TPSA) is 93.5 Å². The van der Waals surface area contributed by atoms with Crippen LogP contribution in [0.3, 0.4) is 0 Å². The highest BCUT2D eigenvalue weighted by Gasteiger charge is 2.14. The third-order valence-corrected chi connectivity index (χ3v) is 2.11. The van der Waals surface area contributed by atoms with Crippen molar-refractivity contribution < 1.29 is 9.90 Å². The van der Waals surface area contributed by atoms with Crippen molar-refractivity contribution in [1.82, 2.24) is 14.6 Å². The summed E-state index contributed by atoms with van der Waals surface area (Å²) in [5.74, 6) is -1.04. The lowest BCUT2D eigenvalue weighted by Gasteiger charge is -2.02. The summed E-state index contributed by atoms with van der Waals surface area (Å²) in [6, 6.07) is 1.78. The van der Waals surface area contributed by atoms with Gasteiger partial charge in [-0.2, -0.15) is 5.10 Å². The Morgan fingerprint density at radius 3 is 3.00 bits per heavy atom. The highest BCUT2D eigenvalue weighted by Crippen LogP contribution is 2.11. The van der Waals surface area contributed by atoms with Gasteiger partial charge in [-0.05, 0) is 13.0 Å². The molecule has 0 radical (unpaired) electrons. The predicted octanol–water partition coefficient (Wildman–Crippen LogP) is 0.195. The Labute approximate surface area is 85.3 Å². The number of nitrogens with two attached hydrogens (primary N) is 1. The minimum Gasteiger partial charge on any atom is -0.477 e. The maximum atomic E-state index is 10.9. The van der Waals surface area contributed by atoms with Crippen molar-refractivity contribution >= 4 is 11.6 Å². The summed E-state index contributed by atoms with van der Waals surface area (Å²) in [7, 11) is 0. The van der Waals surface area contributed by atoms with Crippen molar-refractivity contribution in [2.75, 3.05) is 0 Å². The van der Waals surface area contributed by atoms with Crippen LogP contribution >= 0.6 is 0 Å². The van der Waals surface area contributed by atoms with Crippen LogP contribution in [0.2, 0.25) is 0 Å². The van der Waals surface area contributed by atoms with E-state index in [1.54, 1.807) is 13.0 Å². The van der Waals surface area contributed by atoms with Gasteiger partial charge in [0.2, 0.25) is 0 Å². The zero-order valence-corrected chi connectivity index (χ0v) is 8.14. The first-order valence-electron chi connectivity index (χ1n) is 4.41. The summed E-state index contributed by atoms with van der Waals surface area (Å²) >= 11 is 0. The summed E-state index contributed by atoms with van der Waals surface area (Å²) in [6.07, 6.45) is 1.28. The Balaban J connectivity index is 2.80. The van der Waals surface area contributed by atoms with E-state index in [4.69, 9.17) is 10.8 Å². The molecule has 15 heavy (non-hydrogen) atoms. The number of aromatic carboxylic acids is 1. The fourth-order valence-corrected chi connectivity index (χ4v) is 1.46. The average molecular weight is 206 g/mol. The van der Waals surface area contributed by atoms with E-state index in [1.807, 2.05) is 0 Å². The zero-order chi connectivity index (χ0) is 11.0. The Morgan fingerprint density at radius 1 is 1.67 bits per heavy atom. The van der Waals surface area contributed by atoms with Crippen LogP contribution in [0.4, 0.5) is 0 Å². The second-order valence-corrected chi connectivity index (χ2v) is 3.19. The van der Waals surface area contributed by atoms with Crippen LogP contribution in [0.25, 0.3) is 5.65 Å². The van der Waals surface area contributed by atoms with E-state index in [9.17, 15) is 4.79 Å². The Morgan fingerprint density at radius 2 is 2.40 bits per heavy atom. The molecule has 0 spiro atoms. The van der Waals surface area contributed by atoms with Gasteiger partial charge < -0.3 is 10.8 Å². The first-order valence-corrected chi connectivity index (χ1v) is 4.41. The van der Waals surface area contributed by atoms with Crippen molar-refractivity contribution in [1.29, 1.82) is 0 Å². The van der Waals surface area contributed by atoms with Crippen LogP contribution in [-0.4, -0.2) is 25.7 Å². The van der Waals surface area contributed by atoms with Crippen molar-refractivity contribution in [3.8, 4) is 0 Å². The number of carboxylic acid groups (broad SMARTS) is 1. The number of hydrogen-bond donors (Lipinski definition) is 2. The second-order valence-electron chi connectivity index (χ2n) is 3.19. The molecule has 0 saturated carbocycles. The van der Waals surface area contributed by atoms with Gasteiger partial charge in [0.15, 0.2) is 5.65 Å². The minimum absolute atomic E-state index is 0.0911. The van der Waals surface area contributed by atoms with Gasteiger partial charge in [-0.15, -0.1) is 0 Å². The molecule has 0 fully saturated rings. The molecule has 0 aliphatic carbocycles. The third kappa shape index (κ3) is 1.44. The molecule has 2 aromatic heterocycles. The summed E-state index contributed by atoms with van der Waals surface area (Å²) in [5.41, 5.74) is 7.43. The fourth-order valence-electron chi connectivity index (χ4n) is 1.46. The van der Waals surface area contributed by atoms with Crippen LogP contribution in [-0.2, 0) is 6.54 Å². The SMILES string of the molecule is Cc1cc(CN)n2ncc(C(=O)O)c2n1. The summed E-state index contributed by atoms with van der Waals surface area (Å²) in [4.78, 5) is 15.0. The second kappa shape index (κ2) is 3.32. The highest BCUT2D eigenvalue weighted by molar-refractivity contribution is 5.94. The fraction of sp³-hybridized carbons (Fsp3) is 0.222. The van der Waals surface area contributed by atoms with Gasteiger partial charge in [-0.3, -0.25) is 0 Å². The van der Waals surface area contributed by atoms with Gasteiger partial charge in [0.05, 0.1) is 11.9 Å². The number of aromatic nitrogens is 3. The van der Waals surface area contributed by atoms with Crippen LogP contribution in [0.5, 0.6) is 0 Å². The van der Waals surface area contributed by atoms with Gasteiger partial charge >= 0.3 is 5.97 Å².